The summed E-state index contributed by atoms with van der Waals surface area (Å²) in [5.41, 5.74) is -1.13. The van der Waals surface area contributed by atoms with E-state index in [2.05, 4.69) is 10.6 Å². The maximum absolute atomic E-state index is 14.0. The fraction of sp³-hybridized carbons (Fsp3) is 0.379. The summed E-state index contributed by atoms with van der Waals surface area (Å²) >= 11 is 0. The van der Waals surface area contributed by atoms with Gasteiger partial charge in [0.2, 0.25) is 5.91 Å². The summed E-state index contributed by atoms with van der Waals surface area (Å²) in [5.74, 6) is -7.07. The van der Waals surface area contributed by atoms with Crippen LogP contribution in [0.5, 0.6) is 5.75 Å². The van der Waals surface area contributed by atoms with E-state index in [1.165, 1.54) is 7.11 Å². The van der Waals surface area contributed by atoms with Gasteiger partial charge in [-0.2, -0.15) is 13.2 Å². The van der Waals surface area contributed by atoms with E-state index in [9.17, 15) is 35.9 Å². The Morgan fingerprint density at radius 2 is 1.73 bits per heavy atom. The summed E-state index contributed by atoms with van der Waals surface area (Å²) in [4.78, 5) is 26.7. The molecule has 2 aliphatic rings. The molecule has 0 heterocycles. The van der Waals surface area contributed by atoms with E-state index in [0.29, 0.717) is 31.0 Å². The summed E-state index contributed by atoms with van der Waals surface area (Å²) in [6, 6.07) is 2.82. The molecule has 2 aliphatic carbocycles. The first kappa shape index (κ1) is 29.2. The van der Waals surface area contributed by atoms with Crippen LogP contribution in [0, 0.1) is 35.2 Å². The predicted octanol–water partition coefficient (Wildman–Crippen LogP) is 6.81. The molecule has 4 atom stereocenters. The van der Waals surface area contributed by atoms with E-state index >= 15 is 0 Å². The van der Waals surface area contributed by atoms with Crippen LogP contribution in [0.4, 0.5) is 32.0 Å². The number of hydrogen-bond acceptors (Lipinski definition) is 3. The lowest BCUT2D eigenvalue weighted by atomic mass is 9.83. The Kier molecular flexibility index (Phi) is 8.60. The number of alkyl halides is 3. The minimum Gasteiger partial charge on any atom is -0.496 e. The second-order valence-electron chi connectivity index (χ2n) is 9.85. The number of methoxy groups -OCH3 is 1. The Labute approximate surface area is 227 Å². The smallest absolute Gasteiger partial charge is 0.419 e. The zero-order chi connectivity index (χ0) is 29.2. The van der Waals surface area contributed by atoms with E-state index in [1.807, 2.05) is 25.2 Å². The topological polar surface area (TPSA) is 67.4 Å². The summed E-state index contributed by atoms with van der Waals surface area (Å²) in [7, 11) is 1.19. The van der Waals surface area contributed by atoms with Gasteiger partial charge in [0.05, 0.1) is 24.2 Å². The van der Waals surface area contributed by atoms with Crippen LogP contribution in [0.25, 0.3) is 0 Å². The second kappa shape index (κ2) is 11.8. The van der Waals surface area contributed by atoms with Crippen molar-refractivity contribution in [2.75, 3.05) is 12.4 Å². The number of hydrogen-bond donors (Lipinski definition) is 2. The molecule has 11 heteroatoms. The minimum atomic E-state index is -4.96. The fourth-order valence-electron chi connectivity index (χ4n) is 5.62. The average Bonchev–Trinajstić information content (AvgIpc) is 3.43. The van der Waals surface area contributed by atoms with Crippen LogP contribution in [0.1, 0.15) is 48.5 Å². The van der Waals surface area contributed by atoms with E-state index in [1.54, 1.807) is 0 Å². The van der Waals surface area contributed by atoms with Crippen molar-refractivity contribution in [1.29, 1.82) is 0 Å². The molecule has 2 amide bonds. The SMILES string of the molecule is CCC/C=C/C=C1C2CCC1[C@H](C(=O)Nc1ccc(F)c(C(F)(F)F)c1)[C@@H]2NC(=O)c1cc(F)c(F)cc1OC. The highest BCUT2D eigenvalue weighted by Gasteiger charge is 2.54. The average molecular weight is 567 g/mol. The van der Waals surface area contributed by atoms with Gasteiger partial charge in [0, 0.05) is 23.7 Å². The molecule has 0 aromatic heterocycles. The Hall–Kier alpha value is -3.76. The number of carbonyl (C=O) groups excluding carboxylic acids is 2. The van der Waals surface area contributed by atoms with E-state index in [4.69, 9.17) is 4.74 Å². The van der Waals surface area contributed by atoms with Crippen LogP contribution in [-0.2, 0) is 11.0 Å². The Balaban J connectivity index is 1.66. The molecule has 2 fully saturated rings. The fourth-order valence-corrected chi connectivity index (χ4v) is 5.62. The largest absolute Gasteiger partial charge is 0.496 e. The molecule has 40 heavy (non-hydrogen) atoms. The monoisotopic (exact) mass is 566 g/mol. The first-order valence-electron chi connectivity index (χ1n) is 12.8. The number of unbranched alkanes of at least 4 members (excludes halogenated alkanes) is 1. The molecule has 0 saturated heterocycles. The van der Waals surface area contributed by atoms with Gasteiger partial charge in [-0.15, -0.1) is 0 Å². The molecule has 2 aromatic carbocycles. The summed E-state index contributed by atoms with van der Waals surface area (Å²) in [6.07, 6.45) is 3.79. The number of benzene rings is 2. The second-order valence-corrected chi connectivity index (χ2v) is 9.85. The molecule has 2 saturated carbocycles. The number of rotatable bonds is 8. The molecule has 2 bridgehead atoms. The molecule has 2 N–H and O–H groups in total. The number of fused-ring (bicyclic) bond motifs is 2. The van der Waals surface area contributed by atoms with Crippen molar-refractivity contribution in [1.82, 2.24) is 5.32 Å². The van der Waals surface area contributed by atoms with Gasteiger partial charge in [0.15, 0.2) is 11.6 Å². The van der Waals surface area contributed by atoms with Gasteiger partial charge in [-0.3, -0.25) is 9.59 Å². The third-order valence-electron chi connectivity index (χ3n) is 7.41. The Morgan fingerprint density at radius 1 is 1.02 bits per heavy atom. The lowest BCUT2D eigenvalue weighted by molar-refractivity contribution is -0.140. The highest BCUT2D eigenvalue weighted by molar-refractivity contribution is 5.99. The molecule has 5 nitrogen and oxygen atoms in total. The number of halogens is 6. The van der Waals surface area contributed by atoms with Crippen molar-refractivity contribution in [3.05, 3.63) is 82.7 Å². The van der Waals surface area contributed by atoms with E-state index in [0.717, 1.165) is 30.5 Å². The van der Waals surface area contributed by atoms with Gasteiger partial charge in [0.1, 0.15) is 11.6 Å². The van der Waals surface area contributed by atoms with Crippen molar-refractivity contribution in [3.8, 4) is 5.75 Å². The number of nitrogens with one attached hydrogen (secondary N) is 2. The summed E-state index contributed by atoms with van der Waals surface area (Å²) in [6.45, 7) is 2.02. The maximum atomic E-state index is 14.0. The van der Waals surface area contributed by atoms with Crippen LogP contribution in [0.3, 0.4) is 0 Å². The molecular weight excluding hydrogens is 538 g/mol. The number of carbonyl (C=O) groups is 2. The summed E-state index contributed by atoms with van der Waals surface area (Å²) < 4.78 is 86.2. The van der Waals surface area contributed by atoms with Crippen molar-refractivity contribution in [2.45, 2.75) is 44.8 Å². The highest BCUT2D eigenvalue weighted by atomic mass is 19.4. The zero-order valence-electron chi connectivity index (χ0n) is 21.7. The predicted molar refractivity (Wildman–Crippen MR) is 136 cm³/mol. The third-order valence-corrected chi connectivity index (χ3v) is 7.41. The first-order valence-corrected chi connectivity index (χ1v) is 12.8. The number of ether oxygens (including phenoxy) is 1. The van der Waals surface area contributed by atoms with Crippen molar-refractivity contribution in [3.63, 3.8) is 0 Å². The van der Waals surface area contributed by atoms with Crippen LogP contribution < -0.4 is 15.4 Å². The van der Waals surface area contributed by atoms with Crippen LogP contribution in [0.2, 0.25) is 0 Å². The standard InChI is InChI=1S/C29H28F6N2O3/c1-3-4-5-6-7-16-17-9-10-18(16)26(37-27(38)19-13-22(31)23(32)14-24(19)40-2)25(17)28(39)36-15-8-11-21(30)20(12-15)29(33,34)35/h5-8,11-14,17-18,25-26H,3-4,9-10H2,1-2H3,(H,36,39)(H,37,38)/b6-5+,16-7?/t17?,18?,25-,26+/m0/s1. The van der Waals surface area contributed by atoms with Crippen molar-refractivity contribution in [2.24, 2.45) is 17.8 Å². The molecule has 0 spiro atoms. The van der Waals surface area contributed by atoms with Crippen LogP contribution in [-0.4, -0.2) is 25.0 Å². The maximum Gasteiger partial charge on any atom is 0.419 e. The minimum absolute atomic E-state index is 0.204. The van der Waals surface area contributed by atoms with Crippen LogP contribution >= 0.6 is 0 Å². The van der Waals surface area contributed by atoms with Gasteiger partial charge >= 0.3 is 6.18 Å². The number of amides is 2. The van der Waals surface area contributed by atoms with Gasteiger partial charge in [-0.05, 0) is 49.4 Å². The normalized spacial score (nSPS) is 23.1. The first-order chi connectivity index (χ1) is 19.0. The van der Waals surface area contributed by atoms with Gasteiger partial charge in [-0.1, -0.05) is 37.1 Å². The molecule has 0 aliphatic heterocycles. The Bertz CT molecular complexity index is 1350. The van der Waals surface area contributed by atoms with Crippen molar-refractivity contribution < 1.29 is 40.7 Å². The van der Waals surface area contributed by atoms with Crippen LogP contribution in [0.15, 0.2) is 54.1 Å². The Morgan fingerprint density at radius 3 is 2.40 bits per heavy atom. The van der Waals surface area contributed by atoms with E-state index < -0.39 is 53.0 Å². The van der Waals surface area contributed by atoms with Gasteiger partial charge in [0.25, 0.3) is 5.91 Å². The lowest BCUT2D eigenvalue weighted by Gasteiger charge is -2.30. The zero-order valence-corrected chi connectivity index (χ0v) is 21.7. The quantitative estimate of drug-likeness (QED) is 0.345. The van der Waals surface area contributed by atoms with E-state index in [-0.39, 0.29) is 28.8 Å². The number of anilines is 1. The molecule has 214 valence electrons. The highest BCUT2D eigenvalue weighted by Crippen LogP contribution is 2.53. The lowest BCUT2D eigenvalue weighted by Crippen LogP contribution is -2.48. The van der Waals surface area contributed by atoms with Crippen molar-refractivity contribution >= 4 is 17.5 Å². The molecule has 2 aromatic rings. The summed E-state index contributed by atoms with van der Waals surface area (Å²) in [5, 5.41) is 5.22. The molecule has 4 rings (SSSR count). The molecule has 2 unspecified atom stereocenters. The molecule has 0 radical (unpaired) electrons. The number of allylic oxidation sites excluding steroid dienone is 3. The third kappa shape index (κ3) is 5.88. The van der Waals surface area contributed by atoms with Gasteiger partial charge in [-0.25, -0.2) is 13.2 Å². The molecular formula is C29H28F6N2O3. The van der Waals surface area contributed by atoms with Gasteiger partial charge < -0.3 is 15.4 Å².